The third kappa shape index (κ3) is 3.49. The van der Waals surface area contributed by atoms with Crippen LogP contribution < -0.4 is 10.6 Å². The molecule has 1 aromatic carbocycles. The zero-order chi connectivity index (χ0) is 13.8. The number of anilines is 2. The number of halogens is 1. The third-order valence-electron chi connectivity index (χ3n) is 2.89. The van der Waals surface area contributed by atoms with Crippen molar-refractivity contribution < 1.29 is 0 Å². The Kier molecular flexibility index (Phi) is 4.46. The molecule has 0 atom stereocenters. The number of nitrogens with zero attached hydrogens (tertiary/aromatic N) is 2. The van der Waals surface area contributed by atoms with Gasteiger partial charge in [0.05, 0.1) is 26.8 Å². The van der Waals surface area contributed by atoms with Crippen LogP contribution in [-0.2, 0) is 6.42 Å². The van der Waals surface area contributed by atoms with Crippen molar-refractivity contribution in [2.24, 2.45) is 0 Å². The van der Waals surface area contributed by atoms with Gasteiger partial charge in [0.25, 0.3) is 0 Å². The van der Waals surface area contributed by atoms with Crippen molar-refractivity contribution in [2.45, 2.75) is 6.42 Å². The Hall–Kier alpha value is -1.51. The van der Waals surface area contributed by atoms with Crippen molar-refractivity contribution in [2.75, 3.05) is 24.2 Å². The molecule has 1 heterocycles. The van der Waals surface area contributed by atoms with Crippen LogP contribution >= 0.6 is 27.3 Å². The minimum absolute atomic E-state index is 0.634. The lowest BCUT2D eigenvalue weighted by Gasteiger charge is -2.21. The molecule has 0 amide bonds. The second-order valence-electron chi connectivity index (χ2n) is 4.26. The molecule has 0 unspecified atom stereocenters. The van der Waals surface area contributed by atoms with E-state index in [0.717, 1.165) is 22.4 Å². The molecule has 2 rings (SSSR count). The standard InChI is InChI=1S/C14H14BrN3S/c1-18(7-6-11-3-5-14(15)19-11)13-8-10(9-16)2-4-12(13)17/h2-5,8H,6-7,17H2,1H3. The van der Waals surface area contributed by atoms with Gasteiger partial charge in [0.15, 0.2) is 0 Å². The Morgan fingerprint density at radius 3 is 2.79 bits per heavy atom. The summed E-state index contributed by atoms with van der Waals surface area (Å²) in [6.45, 7) is 0.867. The van der Waals surface area contributed by atoms with Crippen molar-refractivity contribution in [3.63, 3.8) is 0 Å². The lowest BCUT2D eigenvalue weighted by Crippen LogP contribution is -2.21. The summed E-state index contributed by atoms with van der Waals surface area (Å²) in [7, 11) is 2.00. The highest BCUT2D eigenvalue weighted by Crippen LogP contribution is 2.25. The van der Waals surface area contributed by atoms with Gasteiger partial charge in [-0.25, -0.2) is 0 Å². The summed E-state index contributed by atoms with van der Waals surface area (Å²) in [6, 6.07) is 11.7. The van der Waals surface area contributed by atoms with Crippen molar-refractivity contribution in [3.8, 4) is 6.07 Å². The molecule has 98 valence electrons. The van der Waals surface area contributed by atoms with Crippen LogP contribution in [0.3, 0.4) is 0 Å². The molecule has 0 fully saturated rings. The van der Waals surface area contributed by atoms with Crippen molar-refractivity contribution >= 4 is 38.6 Å². The highest BCUT2D eigenvalue weighted by Gasteiger charge is 2.07. The van der Waals surface area contributed by atoms with E-state index in [1.807, 2.05) is 13.1 Å². The van der Waals surface area contributed by atoms with Crippen LogP contribution in [0.25, 0.3) is 0 Å². The largest absolute Gasteiger partial charge is 0.397 e. The monoisotopic (exact) mass is 335 g/mol. The van der Waals surface area contributed by atoms with Gasteiger partial charge in [0.2, 0.25) is 0 Å². The van der Waals surface area contributed by atoms with Crippen LogP contribution in [0.1, 0.15) is 10.4 Å². The number of likely N-dealkylation sites (N-methyl/N-ethyl adjacent to an activating group) is 1. The maximum Gasteiger partial charge on any atom is 0.0992 e. The highest BCUT2D eigenvalue weighted by atomic mass is 79.9. The Morgan fingerprint density at radius 1 is 1.37 bits per heavy atom. The Labute approximate surface area is 125 Å². The first-order valence-electron chi connectivity index (χ1n) is 5.85. The predicted molar refractivity (Wildman–Crippen MR) is 84.6 cm³/mol. The fraction of sp³-hybridized carbons (Fsp3) is 0.214. The minimum Gasteiger partial charge on any atom is -0.397 e. The summed E-state index contributed by atoms with van der Waals surface area (Å²) in [5.41, 5.74) is 8.21. The number of rotatable bonds is 4. The van der Waals surface area contributed by atoms with Gasteiger partial charge in [-0.05, 0) is 52.7 Å². The van der Waals surface area contributed by atoms with E-state index in [1.165, 1.54) is 4.88 Å². The molecule has 0 bridgehead atoms. The van der Waals surface area contributed by atoms with E-state index in [9.17, 15) is 0 Å². The SMILES string of the molecule is CN(CCc1ccc(Br)s1)c1cc(C#N)ccc1N. The summed E-state index contributed by atoms with van der Waals surface area (Å²) in [4.78, 5) is 3.41. The van der Waals surface area contributed by atoms with Crippen molar-refractivity contribution in [1.82, 2.24) is 0 Å². The van der Waals surface area contributed by atoms with E-state index in [2.05, 4.69) is 39.0 Å². The fourth-order valence-electron chi connectivity index (χ4n) is 1.83. The van der Waals surface area contributed by atoms with Crippen LogP contribution in [0.4, 0.5) is 11.4 Å². The van der Waals surface area contributed by atoms with Crippen molar-refractivity contribution in [1.29, 1.82) is 5.26 Å². The van der Waals surface area contributed by atoms with Crippen molar-refractivity contribution in [3.05, 3.63) is 44.6 Å². The zero-order valence-electron chi connectivity index (χ0n) is 10.6. The minimum atomic E-state index is 0.634. The molecule has 0 aliphatic heterocycles. The normalized spacial score (nSPS) is 10.2. The molecule has 0 aliphatic carbocycles. The number of nitrogen functional groups attached to an aromatic ring is 1. The van der Waals surface area contributed by atoms with E-state index in [0.29, 0.717) is 11.3 Å². The Balaban J connectivity index is 2.07. The molecule has 0 saturated heterocycles. The van der Waals surface area contributed by atoms with Gasteiger partial charge in [-0.3, -0.25) is 0 Å². The molecule has 2 aromatic rings. The average Bonchev–Trinajstić information content (AvgIpc) is 2.82. The summed E-state index contributed by atoms with van der Waals surface area (Å²) in [5.74, 6) is 0. The summed E-state index contributed by atoms with van der Waals surface area (Å²) >= 11 is 5.21. The Bertz CT molecular complexity index is 615. The molecule has 0 spiro atoms. The summed E-state index contributed by atoms with van der Waals surface area (Å²) in [5, 5.41) is 8.93. The van der Waals surface area contributed by atoms with Crippen LogP contribution in [-0.4, -0.2) is 13.6 Å². The first kappa shape index (κ1) is 13.9. The van der Waals surface area contributed by atoms with E-state index >= 15 is 0 Å². The number of hydrogen-bond acceptors (Lipinski definition) is 4. The van der Waals surface area contributed by atoms with E-state index < -0.39 is 0 Å². The zero-order valence-corrected chi connectivity index (χ0v) is 13.0. The lowest BCUT2D eigenvalue weighted by atomic mass is 10.1. The topological polar surface area (TPSA) is 53.0 Å². The maximum absolute atomic E-state index is 8.93. The third-order valence-corrected chi connectivity index (χ3v) is 4.58. The number of thiophene rings is 1. The van der Waals surface area contributed by atoms with Gasteiger partial charge in [-0.2, -0.15) is 5.26 Å². The number of nitriles is 1. The number of benzene rings is 1. The van der Waals surface area contributed by atoms with Crippen LogP contribution in [0, 0.1) is 11.3 Å². The molecular weight excluding hydrogens is 322 g/mol. The molecule has 5 heteroatoms. The van der Waals surface area contributed by atoms with Crippen LogP contribution in [0.15, 0.2) is 34.1 Å². The Morgan fingerprint density at radius 2 is 2.16 bits per heavy atom. The number of hydrogen-bond donors (Lipinski definition) is 1. The smallest absolute Gasteiger partial charge is 0.0992 e. The van der Waals surface area contributed by atoms with E-state index in [1.54, 1.807) is 23.5 Å². The maximum atomic E-state index is 8.93. The molecule has 1 aromatic heterocycles. The molecule has 2 N–H and O–H groups in total. The van der Waals surface area contributed by atoms with Gasteiger partial charge in [-0.1, -0.05) is 0 Å². The van der Waals surface area contributed by atoms with Gasteiger partial charge >= 0.3 is 0 Å². The summed E-state index contributed by atoms with van der Waals surface area (Å²) < 4.78 is 1.15. The van der Waals surface area contributed by atoms with Crippen LogP contribution in [0.5, 0.6) is 0 Å². The summed E-state index contributed by atoms with van der Waals surface area (Å²) in [6.07, 6.45) is 0.961. The molecule has 0 radical (unpaired) electrons. The second-order valence-corrected chi connectivity index (χ2v) is 6.81. The first-order chi connectivity index (χ1) is 9.10. The van der Waals surface area contributed by atoms with Gasteiger partial charge < -0.3 is 10.6 Å². The first-order valence-corrected chi connectivity index (χ1v) is 7.46. The molecule has 19 heavy (non-hydrogen) atoms. The lowest BCUT2D eigenvalue weighted by molar-refractivity contribution is 0.888. The van der Waals surface area contributed by atoms with E-state index in [4.69, 9.17) is 11.0 Å². The van der Waals surface area contributed by atoms with Gasteiger partial charge in [0, 0.05) is 18.5 Å². The van der Waals surface area contributed by atoms with Gasteiger partial charge in [0.1, 0.15) is 0 Å². The quantitative estimate of drug-likeness (QED) is 0.867. The van der Waals surface area contributed by atoms with Gasteiger partial charge in [-0.15, -0.1) is 11.3 Å². The second kappa shape index (κ2) is 6.09. The van der Waals surface area contributed by atoms with Crippen LogP contribution in [0.2, 0.25) is 0 Å². The average molecular weight is 336 g/mol. The molecule has 0 aliphatic rings. The molecule has 0 saturated carbocycles. The molecular formula is C14H14BrN3S. The predicted octanol–water partition coefficient (Wildman–Crippen LogP) is 3.64. The fourth-order valence-corrected chi connectivity index (χ4v) is 3.30. The molecule has 3 nitrogen and oxygen atoms in total. The number of nitrogens with two attached hydrogens (primary N) is 1. The van der Waals surface area contributed by atoms with E-state index in [-0.39, 0.29) is 0 Å². The highest BCUT2D eigenvalue weighted by molar-refractivity contribution is 9.11.